The van der Waals surface area contributed by atoms with Crippen molar-refractivity contribution in [2.45, 2.75) is 19.3 Å². The first kappa shape index (κ1) is 18.8. The molecule has 2 aromatic rings. The van der Waals surface area contributed by atoms with E-state index in [0.717, 1.165) is 5.69 Å². The molecule has 0 radical (unpaired) electrons. The number of alkyl halides is 3. The van der Waals surface area contributed by atoms with Crippen LogP contribution < -0.4 is 15.0 Å². The average molecular weight is 378 g/mol. The molecule has 1 heterocycles. The summed E-state index contributed by atoms with van der Waals surface area (Å²) in [7, 11) is 0. The number of amides is 2. The quantitative estimate of drug-likeness (QED) is 0.813. The van der Waals surface area contributed by atoms with Gasteiger partial charge in [0.05, 0.1) is 0 Å². The minimum atomic E-state index is -4.78. The number of nitrogens with one attached hydrogen (secondary N) is 1. The van der Waals surface area contributed by atoms with Crippen LogP contribution in [0.4, 0.5) is 18.9 Å². The van der Waals surface area contributed by atoms with Crippen LogP contribution >= 0.6 is 0 Å². The van der Waals surface area contributed by atoms with E-state index in [1.807, 2.05) is 18.2 Å². The van der Waals surface area contributed by atoms with Gasteiger partial charge in [0.1, 0.15) is 11.7 Å². The summed E-state index contributed by atoms with van der Waals surface area (Å²) in [6.45, 7) is 0.443. The molecule has 2 aromatic carbocycles. The van der Waals surface area contributed by atoms with Crippen molar-refractivity contribution in [3.8, 4) is 5.75 Å². The molecule has 2 amide bonds. The molecule has 0 bridgehead atoms. The van der Waals surface area contributed by atoms with Crippen molar-refractivity contribution in [1.29, 1.82) is 0 Å². The van der Waals surface area contributed by atoms with Crippen LogP contribution in [0.5, 0.6) is 5.75 Å². The van der Waals surface area contributed by atoms with E-state index in [-0.39, 0.29) is 18.2 Å². The molecule has 5 nitrogen and oxygen atoms in total. The van der Waals surface area contributed by atoms with Crippen LogP contribution in [0.15, 0.2) is 54.6 Å². The Balaban J connectivity index is 1.59. The van der Waals surface area contributed by atoms with Gasteiger partial charge in [-0.15, -0.1) is 13.2 Å². The number of para-hydroxylation sites is 1. The number of benzene rings is 2. The third-order valence-electron chi connectivity index (χ3n) is 4.19. The maximum absolute atomic E-state index is 12.5. The van der Waals surface area contributed by atoms with Gasteiger partial charge in [-0.1, -0.05) is 30.3 Å². The van der Waals surface area contributed by atoms with Crippen LogP contribution in [0.2, 0.25) is 0 Å². The number of halogens is 3. The molecule has 0 saturated carbocycles. The standard InChI is InChI=1S/C19H17F3N2O3/c20-19(21,22)27-15-8-4-5-13(11-15)12-23-17(25)16-9-10-24(18(16)26)14-6-2-1-3-7-14/h1-8,11,16H,9-10,12H2,(H,23,25)/t16-/m1/s1. The van der Waals surface area contributed by atoms with Crippen molar-refractivity contribution in [1.82, 2.24) is 5.32 Å². The Bertz CT molecular complexity index is 824. The van der Waals surface area contributed by atoms with Crippen LogP contribution in [0, 0.1) is 5.92 Å². The minimum absolute atomic E-state index is 0.00298. The maximum atomic E-state index is 12.5. The topological polar surface area (TPSA) is 58.6 Å². The normalized spacial score (nSPS) is 17.1. The molecule has 1 fully saturated rings. The summed E-state index contributed by atoms with van der Waals surface area (Å²) in [5.74, 6) is -1.89. The predicted molar refractivity (Wildman–Crippen MR) is 91.9 cm³/mol. The van der Waals surface area contributed by atoms with Gasteiger partial charge in [-0.25, -0.2) is 0 Å². The second kappa shape index (κ2) is 7.69. The first-order valence-electron chi connectivity index (χ1n) is 8.32. The number of nitrogens with zero attached hydrogens (tertiary/aromatic N) is 1. The van der Waals surface area contributed by atoms with Crippen molar-refractivity contribution in [2.24, 2.45) is 5.92 Å². The highest BCUT2D eigenvalue weighted by molar-refractivity contribution is 6.09. The lowest BCUT2D eigenvalue weighted by Gasteiger charge is -2.16. The molecular weight excluding hydrogens is 361 g/mol. The highest BCUT2D eigenvalue weighted by Crippen LogP contribution is 2.26. The highest BCUT2D eigenvalue weighted by atomic mass is 19.4. The van der Waals surface area contributed by atoms with Gasteiger partial charge in [-0.2, -0.15) is 0 Å². The van der Waals surface area contributed by atoms with Gasteiger partial charge < -0.3 is 15.0 Å². The molecule has 3 rings (SSSR count). The van der Waals surface area contributed by atoms with Crippen LogP contribution in [-0.2, 0) is 16.1 Å². The van der Waals surface area contributed by atoms with E-state index in [1.165, 1.54) is 18.2 Å². The monoisotopic (exact) mass is 378 g/mol. The average Bonchev–Trinajstić information content (AvgIpc) is 3.01. The van der Waals surface area contributed by atoms with Gasteiger partial charge in [0.25, 0.3) is 0 Å². The SMILES string of the molecule is O=C(NCc1cccc(OC(F)(F)F)c1)[C@H]1CCN(c2ccccc2)C1=O. The lowest BCUT2D eigenvalue weighted by Crippen LogP contribution is -2.36. The number of carbonyl (C=O) groups is 2. The Kier molecular flexibility index (Phi) is 5.34. The van der Waals surface area contributed by atoms with Gasteiger partial charge in [-0.05, 0) is 36.2 Å². The van der Waals surface area contributed by atoms with Gasteiger partial charge in [0.15, 0.2) is 0 Å². The molecule has 1 N–H and O–H groups in total. The van der Waals surface area contributed by atoms with E-state index in [4.69, 9.17) is 0 Å². The van der Waals surface area contributed by atoms with Gasteiger partial charge in [0, 0.05) is 18.8 Å². The zero-order chi connectivity index (χ0) is 19.4. The molecule has 0 aliphatic carbocycles. The fraction of sp³-hybridized carbons (Fsp3) is 0.263. The molecule has 0 unspecified atom stereocenters. The van der Waals surface area contributed by atoms with Crippen molar-refractivity contribution in [2.75, 3.05) is 11.4 Å². The Morgan fingerprint density at radius 1 is 1.15 bits per heavy atom. The van der Waals surface area contributed by atoms with E-state index in [2.05, 4.69) is 10.1 Å². The number of carbonyl (C=O) groups excluding carboxylic acids is 2. The van der Waals surface area contributed by atoms with Crippen molar-refractivity contribution >= 4 is 17.5 Å². The summed E-state index contributed by atoms with van der Waals surface area (Å²) >= 11 is 0. The van der Waals surface area contributed by atoms with Crippen LogP contribution in [-0.4, -0.2) is 24.7 Å². The van der Waals surface area contributed by atoms with E-state index >= 15 is 0 Å². The minimum Gasteiger partial charge on any atom is -0.406 e. The number of ether oxygens (including phenoxy) is 1. The molecule has 1 aliphatic rings. The van der Waals surface area contributed by atoms with Crippen molar-refractivity contribution in [3.05, 3.63) is 60.2 Å². The highest BCUT2D eigenvalue weighted by Gasteiger charge is 2.37. The zero-order valence-electron chi connectivity index (χ0n) is 14.2. The number of hydrogen-bond donors (Lipinski definition) is 1. The maximum Gasteiger partial charge on any atom is 0.573 e. The van der Waals surface area contributed by atoms with Crippen LogP contribution in [0.1, 0.15) is 12.0 Å². The van der Waals surface area contributed by atoms with Crippen molar-refractivity contribution < 1.29 is 27.5 Å². The van der Waals surface area contributed by atoms with E-state index in [1.54, 1.807) is 23.1 Å². The third-order valence-corrected chi connectivity index (χ3v) is 4.19. The Morgan fingerprint density at radius 3 is 2.59 bits per heavy atom. The predicted octanol–water partition coefficient (Wildman–Crippen LogP) is 3.25. The van der Waals surface area contributed by atoms with Gasteiger partial charge in [-0.3, -0.25) is 9.59 Å². The number of anilines is 1. The molecule has 27 heavy (non-hydrogen) atoms. The summed E-state index contributed by atoms with van der Waals surface area (Å²) in [4.78, 5) is 26.4. The third kappa shape index (κ3) is 4.78. The fourth-order valence-corrected chi connectivity index (χ4v) is 2.95. The second-order valence-electron chi connectivity index (χ2n) is 6.08. The summed E-state index contributed by atoms with van der Waals surface area (Å²) in [6, 6.07) is 14.4. The Hall–Kier alpha value is -3.03. The van der Waals surface area contributed by atoms with Gasteiger partial charge in [0.2, 0.25) is 11.8 Å². The van der Waals surface area contributed by atoms with E-state index < -0.39 is 18.2 Å². The van der Waals surface area contributed by atoms with E-state index in [9.17, 15) is 22.8 Å². The second-order valence-corrected chi connectivity index (χ2v) is 6.08. The summed E-state index contributed by atoms with van der Waals surface area (Å²) < 4.78 is 40.7. The van der Waals surface area contributed by atoms with E-state index in [0.29, 0.717) is 18.5 Å². The lowest BCUT2D eigenvalue weighted by atomic mass is 10.1. The summed E-state index contributed by atoms with van der Waals surface area (Å²) in [5, 5.41) is 2.61. The van der Waals surface area contributed by atoms with Crippen LogP contribution in [0.25, 0.3) is 0 Å². The molecule has 1 aliphatic heterocycles. The lowest BCUT2D eigenvalue weighted by molar-refractivity contribution is -0.274. The fourth-order valence-electron chi connectivity index (χ4n) is 2.95. The molecule has 0 aromatic heterocycles. The first-order chi connectivity index (χ1) is 12.8. The zero-order valence-corrected chi connectivity index (χ0v) is 14.2. The van der Waals surface area contributed by atoms with Crippen molar-refractivity contribution in [3.63, 3.8) is 0 Å². The molecule has 8 heteroatoms. The summed E-state index contributed by atoms with van der Waals surface area (Å²) in [6.07, 6.45) is -4.39. The molecule has 0 spiro atoms. The molecular formula is C19H17F3N2O3. The van der Waals surface area contributed by atoms with Gasteiger partial charge >= 0.3 is 6.36 Å². The first-order valence-corrected chi connectivity index (χ1v) is 8.32. The smallest absolute Gasteiger partial charge is 0.406 e. The molecule has 142 valence electrons. The Morgan fingerprint density at radius 2 is 1.89 bits per heavy atom. The number of rotatable bonds is 5. The largest absolute Gasteiger partial charge is 0.573 e. The summed E-state index contributed by atoms with van der Waals surface area (Å²) in [5.41, 5.74) is 1.17. The molecule has 1 atom stereocenters. The molecule has 1 saturated heterocycles. The van der Waals surface area contributed by atoms with Crippen LogP contribution in [0.3, 0.4) is 0 Å². The Labute approximate surface area is 153 Å². The number of hydrogen-bond acceptors (Lipinski definition) is 3.